The van der Waals surface area contributed by atoms with Crippen molar-refractivity contribution in [1.29, 1.82) is 0 Å². The number of halogens is 4. The highest BCUT2D eigenvalue weighted by molar-refractivity contribution is 7.90. The molecule has 0 saturated carbocycles. The van der Waals surface area contributed by atoms with Crippen LogP contribution in [0.25, 0.3) is 6.08 Å². The van der Waals surface area contributed by atoms with E-state index >= 15 is 0 Å². The van der Waals surface area contributed by atoms with E-state index in [-0.39, 0.29) is 29.6 Å². The fourth-order valence-corrected chi connectivity index (χ4v) is 4.86. The standard InChI is InChI=1S/C26H30ClF3N2O7S/c1-3-4-5-14-40(34,35)32-23(33)9-7-18-6-8-20(36-11-10-25(2)37-12-13-38-25)16-22(18)39-24-21(27)15-19(17-31-24)26(28,29)30/h6-9,15-17H,3-5,10-14H2,1-2H3,(H,32,33)/b9-7+. The molecular formula is C26H30ClF3N2O7S. The summed E-state index contributed by atoms with van der Waals surface area (Å²) in [6.07, 6.45) is 0.586. The van der Waals surface area contributed by atoms with Crippen molar-refractivity contribution < 1.29 is 45.3 Å². The molecule has 0 atom stereocenters. The highest BCUT2D eigenvalue weighted by Crippen LogP contribution is 2.37. The van der Waals surface area contributed by atoms with Gasteiger partial charge in [-0.3, -0.25) is 4.79 Å². The Kier molecular flexibility index (Phi) is 10.8. The Morgan fingerprint density at radius 2 is 1.95 bits per heavy atom. The lowest BCUT2D eigenvalue weighted by Gasteiger charge is -2.22. The number of nitrogens with zero attached hydrogens (tertiary/aromatic N) is 1. The van der Waals surface area contributed by atoms with E-state index < -0.39 is 38.5 Å². The molecule has 0 aliphatic carbocycles. The number of alkyl halides is 3. The Bertz CT molecular complexity index is 1310. The normalized spacial score (nSPS) is 15.3. The number of hydrogen-bond acceptors (Lipinski definition) is 8. The van der Waals surface area contributed by atoms with Gasteiger partial charge in [-0.1, -0.05) is 31.4 Å². The first-order valence-corrected chi connectivity index (χ1v) is 14.5. The largest absolute Gasteiger partial charge is 0.493 e. The molecule has 0 unspecified atom stereocenters. The Hall–Kier alpha value is -2.87. The average molecular weight is 607 g/mol. The van der Waals surface area contributed by atoms with Gasteiger partial charge in [-0.15, -0.1) is 0 Å². The number of carbonyl (C=O) groups is 1. The monoisotopic (exact) mass is 606 g/mol. The number of unbranched alkanes of at least 4 members (excludes halogenated alkanes) is 2. The summed E-state index contributed by atoms with van der Waals surface area (Å²) in [6.45, 7) is 4.88. The number of rotatable bonds is 13. The van der Waals surface area contributed by atoms with Crippen LogP contribution in [0.15, 0.2) is 36.5 Å². The Balaban J connectivity index is 1.80. The van der Waals surface area contributed by atoms with Gasteiger partial charge in [0, 0.05) is 30.3 Å². The molecule has 1 aromatic carbocycles. The van der Waals surface area contributed by atoms with Crippen LogP contribution < -0.4 is 14.2 Å². The van der Waals surface area contributed by atoms with E-state index in [1.165, 1.54) is 18.2 Å². The van der Waals surface area contributed by atoms with Gasteiger partial charge in [-0.05, 0) is 37.6 Å². The quantitative estimate of drug-likeness (QED) is 0.227. The molecule has 0 bridgehead atoms. The van der Waals surface area contributed by atoms with Crippen molar-refractivity contribution in [3.8, 4) is 17.4 Å². The molecule has 1 aromatic heterocycles. The number of hydrogen-bond donors (Lipinski definition) is 1. The van der Waals surface area contributed by atoms with Crippen LogP contribution in [0, 0.1) is 0 Å². The molecular weight excluding hydrogens is 577 g/mol. The van der Waals surface area contributed by atoms with E-state index in [2.05, 4.69) is 4.98 Å². The first-order chi connectivity index (χ1) is 18.8. The maximum Gasteiger partial charge on any atom is 0.417 e. The predicted molar refractivity (Wildman–Crippen MR) is 142 cm³/mol. The van der Waals surface area contributed by atoms with Gasteiger partial charge in [-0.25, -0.2) is 18.1 Å². The van der Waals surface area contributed by atoms with Gasteiger partial charge in [0.2, 0.25) is 15.9 Å². The first kappa shape index (κ1) is 31.7. The molecule has 1 fully saturated rings. The molecule has 1 aliphatic heterocycles. The van der Waals surface area contributed by atoms with E-state index in [4.69, 9.17) is 30.5 Å². The zero-order chi connectivity index (χ0) is 29.4. The second-order valence-electron chi connectivity index (χ2n) is 9.07. The maximum absolute atomic E-state index is 13.0. The number of ether oxygens (including phenoxy) is 4. The molecule has 0 radical (unpaired) electrons. The fraction of sp³-hybridized carbons (Fsp3) is 0.462. The third kappa shape index (κ3) is 9.65. The smallest absolute Gasteiger partial charge is 0.417 e. The van der Waals surface area contributed by atoms with Crippen molar-refractivity contribution in [3.05, 3.63) is 52.7 Å². The highest BCUT2D eigenvalue weighted by Gasteiger charge is 2.32. The summed E-state index contributed by atoms with van der Waals surface area (Å²) in [7, 11) is -3.81. The SMILES string of the molecule is CCCCCS(=O)(=O)NC(=O)/C=C/c1ccc(OCCC2(C)OCCO2)cc1Oc1ncc(C(F)(F)F)cc1Cl. The molecule has 40 heavy (non-hydrogen) atoms. The molecule has 3 rings (SSSR count). The highest BCUT2D eigenvalue weighted by atomic mass is 35.5. The van der Waals surface area contributed by atoms with Crippen LogP contribution in [0.3, 0.4) is 0 Å². The van der Waals surface area contributed by atoms with Crippen molar-refractivity contribution in [2.24, 2.45) is 0 Å². The Morgan fingerprint density at radius 3 is 2.60 bits per heavy atom. The van der Waals surface area contributed by atoms with E-state index in [1.807, 2.05) is 11.6 Å². The topological polar surface area (TPSA) is 113 Å². The molecule has 0 spiro atoms. The zero-order valence-electron chi connectivity index (χ0n) is 21.9. The molecule has 1 aliphatic rings. The van der Waals surface area contributed by atoms with Crippen LogP contribution in [0.2, 0.25) is 5.02 Å². The number of carbonyl (C=O) groups excluding carboxylic acids is 1. The van der Waals surface area contributed by atoms with Gasteiger partial charge < -0.3 is 18.9 Å². The second kappa shape index (κ2) is 13.7. The van der Waals surface area contributed by atoms with E-state index in [9.17, 15) is 26.4 Å². The number of aromatic nitrogens is 1. The van der Waals surface area contributed by atoms with Crippen LogP contribution in [-0.4, -0.2) is 50.7 Å². The minimum absolute atomic E-state index is 0.0427. The molecule has 1 saturated heterocycles. The Labute approximate surface area is 235 Å². The van der Waals surface area contributed by atoms with Crippen LogP contribution in [-0.2, 0) is 30.5 Å². The van der Waals surface area contributed by atoms with Crippen LogP contribution in [0.4, 0.5) is 13.2 Å². The first-order valence-electron chi connectivity index (χ1n) is 12.5. The van der Waals surface area contributed by atoms with E-state index in [0.29, 0.717) is 50.5 Å². The van der Waals surface area contributed by atoms with Crippen molar-refractivity contribution in [2.75, 3.05) is 25.6 Å². The second-order valence-corrected chi connectivity index (χ2v) is 11.3. The van der Waals surface area contributed by atoms with Crippen molar-refractivity contribution in [1.82, 2.24) is 9.71 Å². The summed E-state index contributed by atoms with van der Waals surface area (Å²) >= 11 is 6.01. The van der Waals surface area contributed by atoms with Crippen LogP contribution >= 0.6 is 11.6 Å². The van der Waals surface area contributed by atoms with Crippen LogP contribution in [0.5, 0.6) is 17.4 Å². The number of sulfonamides is 1. The molecule has 220 valence electrons. The van der Waals surface area contributed by atoms with Crippen LogP contribution in [0.1, 0.15) is 50.7 Å². The van der Waals surface area contributed by atoms with Crippen molar-refractivity contribution in [3.63, 3.8) is 0 Å². The third-order valence-corrected chi connectivity index (χ3v) is 7.35. The third-order valence-electron chi connectivity index (χ3n) is 5.74. The summed E-state index contributed by atoms with van der Waals surface area (Å²) in [5.74, 6) is -1.78. The summed E-state index contributed by atoms with van der Waals surface area (Å²) in [5, 5.41) is -0.393. The van der Waals surface area contributed by atoms with Crippen molar-refractivity contribution >= 4 is 33.6 Å². The average Bonchev–Trinajstić information content (AvgIpc) is 3.30. The van der Waals surface area contributed by atoms with Gasteiger partial charge >= 0.3 is 6.18 Å². The van der Waals surface area contributed by atoms with Gasteiger partial charge in [-0.2, -0.15) is 13.2 Å². The summed E-state index contributed by atoms with van der Waals surface area (Å²) in [6, 6.07) is 5.21. The molecule has 9 nitrogen and oxygen atoms in total. The predicted octanol–water partition coefficient (Wildman–Crippen LogP) is 5.73. The minimum atomic E-state index is -4.65. The molecule has 2 aromatic rings. The minimum Gasteiger partial charge on any atom is -0.493 e. The molecule has 14 heteroatoms. The van der Waals surface area contributed by atoms with E-state index in [0.717, 1.165) is 12.5 Å². The maximum atomic E-state index is 13.0. The van der Waals surface area contributed by atoms with E-state index in [1.54, 1.807) is 13.0 Å². The summed E-state index contributed by atoms with van der Waals surface area (Å²) in [4.78, 5) is 16.0. The molecule has 1 amide bonds. The molecule has 2 heterocycles. The molecule has 1 N–H and O–H groups in total. The van der Waals surface area contributed by atoms with Gasteiger partial charge in [0.15, 0.2) is 5.79 Å². The lowest BCUT2D eigenvalue weighted by molar-refractivity contribution is -0.150. The number of pyridine rings is 1. The van der Waals surface area contributed by atoms with Gasteiger partial charge in [0.1, 0.15) is 16.5 Å². The number of amides is 1. The lowest BCUT2D eigenvalue weighted by Crippen LogP contribution is -2.31. The fourth-order valence-electron chi connectivity index (χ4n) is 3.59. The number of benzene rings is 1. The summed E-state index contributed by atoms with van der Waals surface area (Å²) < 4.78 is 87.8. The lowest BCUT2D eigenvalue weighted by atomic mass is 10.1. The van der Waals surface area contributed by atoms with Gasteiger partial charge in [0.25, 0.3) is 5.91 Å². The van der Waals surface area contributed by atoms with Crippen molar-refractivity contribution in [2.45, 2.75) is 51.5 Å². The van der Waals surface area contributed by atoms with Gasteiger partial charge in [0.05, 0.1) is 31.1 Å². The summed E-state index contributed by atoms with van der Waals surface area (Å²) in [5.41, 5.74) is -0.776. The Morgan fingerprint density at radius 1 is 1.23 bits per heavy atom. The zero-order valence-corrected chi connectivity index (χ0v) is 23.5. The number of nitrogens with one attached hydrogen (secondary N) is 1.